The number of rotatable bonds is 3. The highest BCUT2D eigenvalue weighted by Crippen LogP contribution is 2.05. The van der Waals surface area contributed by atoms with Crippen molar-refractivity contribution in [3.63, 3.8) is 0 Å². The van der Waals surface area contributed by atoms with Crippen LogP contribution >= 0.6 is 0 Å². The predicted octanol–water partition coefficient (Wildman–Crippen LogP) is -2.87. The van der Waals surface area contributed by atoms with Crippen LogP contribution in [0.4, 0.5) is 11.9 Å². The Morgan fingerprint density at radius 3 is 2.00 bits per heavy atom. The van der Waals surface area contributed by atoms with Gasteiger partial charge in [0.25, 0.3) is 0 Å². The van der Waals surface area contributed by atoms with Gasteiger partial charge >= 0.3 is 17.1 Å². The van der Waals surface area contributed by atoms with Crippen LogP contribution in [0, 0.1) is 0 Å². The molecule has 0 aliphatic rings. The summed E-state index contributed by atoms with van der Waals surface area (Å²) in [5.74, 6) is 0.426. The van der Waals surface area contributed by atoms with E-state index in [1.54, 1.807) is 19.0 Å². The minimum atomic E-state index is -0.751. The summed E-state index contributed by atoms with van der Waals surface area (Å²) in [7, 11) is 6.01. The van der Waals surface area contributed by atoms with Gasteiger partial charge in [0.15, 0.2) is 5.82 Å². The Kier molecular flexibility index (Phi) is 3.80. The van der Waals surface area contributed by atoms with E-state index in [-0.39, 0.29) is 18.3 Å². The molecule has 11 nitrogen and oxygen atoms in total. The highest BCUT2D eigenvalue weighted by atomic mass is 16.2. The van der Waals surface area contributed by atoms with Gasteiger partial charge in [-0.3, -0.25) is 0 Å². The molecule has 0 atom stereocenters. The van der Waals surface area contributed by atoms with Crippen molar-refractivity contribution in [3.8, 4) is 0 Å². The van der Waals surface area contributed by atoms with E-state index >= 15 is 0 Å². The van der Waals surface area contributed by atoms with Crippen LogP contribution in [-0.4, -0.2) is 42.7 Å². The molecular formula is C11H16N8O3. The molecule has 0 aliphatic carbocycles. The summed E-state index contributed by atoms with van der Waals surface area (Å²) >= 11 is 0. The van der Waals surface area contributed by atoms with Crippen molar-refractivity contribution in [3.05, 3.63) is 37.3 Å². The zero-order chi connectivity index (χ0) is 16.6. The van der Waals surface area contributed by atoms with Crippen molar-refractivity contribution in [2.45, 2.75) is 6.54 Å². The lowest BCUT2D eigenvalue weighted by Crippen LogP contribution is -2.53. The second-order valence-electron chi connectivity index (χ2n) is 4.86. The molecule has 0 aliphatic heterocycles. The first-order valence-corrected chi connectivity index (χ1v) is 6.27. The van der Waals surface area contributed by atoms with Gasteiger partial charge in [-0.1, -0.05) is 0 Å². The minimum absolute atomic E-state index is 0.0246. The summed E-state index contributed by atoms with van der Waals surface area (Å²) in [6, 6.07) is 0. The number of nitrogen functional groups attached to an aromatic ring is 1. The molecule has 0 bridgehead atoms. The Morgan fingerprint density at radius 2 is 1.50 bits per heavy atom. The Balaban J connectivity index is 2.60. The maximum Gasteiger partial charge on any atom is 0.336 e. The van der Waals surface area contributed by atoms with Gasteiger partial charge in [0.2, 0.25) is 11.9 Å². The van der Waals surface area contributed by atoms with E-state index in [2.05, 4.69) is 15.0 Å². The second kappa shape index (κ2) is 5.42. The van der Waals surface area contributed by atoms with E-state index in [0.29, 0.717) is 5.95 Å². The van der Waals surface area contributed by atoms with Gasteiger partial charge in [-0.15, -0.1) is 0 Å². The normalized spacial score (nSPS) is 10.7. The molecule has 0 fully saturated rings. The number of nitrogens with two attached hydrogens (primary N) is 1. The molecule has 2 aromatic rings. The number of hydrogen-bond donors (Lipinski definition) is 1. The van der Waals surface area contributed by atoms with Crippen LogP contribution in [0.15, 0.2) is 14.4 Å². The van der Waals surface area contributed by atoms with Crippen LogP contribution in [0.5, 0.6) is 0 Å². The van der Waals surface area contributed by atoms with Crippen molar-refractivity contribution in [1.82, 2.24) is 28.7 Å². The molecule has 22 heavy (non-hydrogen) atoms. The second-order valence-corrected chi connectivity index (χ2v) is 4.86. The predicted molar refractivity (Wildman–Crippen MR) is 78.9 cm³/mol. The van der Waals surface area contributed by atoms with Crippen molar-refractivity contribution >= 4 is 11.9 Å². The summed E-state index contributed by atoms with van der Waals surface area (Å²) < 4.78 is 2.52. The fourth-order valence-electron chi connectivity index (χ4n) is 1.81. The lowest BCUT2D eigenvalue weighted by Gasteiger charge is -2.12. The third-order valence-corrected chi connectivity index (χ3v) is 3.00. The highest BCUT2D eigenvalue weighted by molar-refractivity contribution is 5.32. The van der Waals surface area contributed by atoms with Crippen LogP contribution in [0.2, 0.25) is 0 Å². The highest BCUT2D eigenvalue weighted by Gasteiger charge is 2.13. The van der Waals surface area contributed by atoms with Gasteiger partial charge in [0.05, 0.1) is 6.54 Å². The van der Waals surface area contributed by atoms with Gasteiger partial charge in [-0.2, -0.15) is 15.0 Å². The monoisotopic (exact) mass is 308 g/mol. The average molecular weight is 308 g/mol. The van der Waals surface area contributed by atoms with Gasteiger partial charge in [0, 0.05) is 28.2 Å². The standard InChI is InChI=1S/C11H16N8O3/c1-16(2)8-14-6(13-7(12)15-8)5-19-10(21)17(3)9(20)18(4)11(19)22/h5H2,1-4H3,(H2,12,13,14,15). The van der Waals surface area contributed by atoms with Crippen molar-refractivity contribution in [1.29, 1.82) is 0 Å². The molecule has 0 unspecified atom stereocenters. The molecule has 118 valence electrons. The molecular weight excluding hydrogens is 292 g/mol. The van der Waals surface area contributed by atoms with Crippen LogP contribution in [-0.2, 0) is 20.6 Å². The van der Waals surface area contributed by atoms with E-state index in [4.69, 9.17) is 5.73 Å². The van der Waals surface area contributed by atoms with Crippen LogP contribution in [0.3, 0.4) is 0 Å². The number of hydrogen-bond acceptors (Lipinski definition) is 8. The van der Waals surface area contributed by atoms with Crippen molar-refractivity contribution < 1.29 is 0 Å². The minimum Gasteiger partial charge on any atom is -0.368 e. The van der Waals surface area contributed by atoms with Crippen LogP contribution in [0.25, 0.3) is 0 Å². The molecule has 0 saturated carbocycles. The third kappa shape index (κ3) is 2.60. The van der Waals surface area contributed by atoms with Gasteiger partial charge < -0.3 is 10.6 Å². The van der Waals surface area contributed by atoms with Crippen LogP contribution < -0.4 is 27.7 Å². The Bertz CT molecular complexity index is 851. The molecule has 0 radical (unpaired) electrons. The van der Waals surface area contributed by atoms with Crippen molar-refractivity contribution in [2.24, 2.45) is 14.1 Å². The summed E-state index contributed by atoms with van der Waals surface area (Å²) in [6.45, 7) is -0.215. The lowest BCUT2D eigenvalue weighted by atomic mass is 10.5. The molecule has 0 spiro atoms. The number of anilines is 2. The summed E-state index contributed by atoms with van der Waals surface area (Å²) in [5, 5.41) is 0. The van der Waals surface area contributed by atoms with E-state index in [0.717, 1.165) is 13.7 Å². The fraction of sp³-hybridized carbons (Fsp3) is 0.455. The van der Waals surface area contributed by atoms with Gasteiger partial charge in [0.1, 0.15) is 0 Å². The van der Waals surface area contributed by atoms with Crippen molar-refractivity contribution in [2.75, 3.05) is 24.7 Å². The van der Waals surface area contributed by atoms with E-state index < -0.39 is 17.1 Å². The molecule has 2 N–H and O–H groups in total. The van der Waals surface area contributed by atoms with Crippen LogP contribution in [0.1, 0.15) is 5.82 Å². The Labute approximate surface area is 124 Å². The Hall–Kier alpha value is -2.98. The number of aromatic nitrogens is 6. The molecule has 0 amide bonds. The van der Waals surface area contributed by atoms with Gasteiger partial charge in [-0.05, 0) is 0 Å². The fourth-order valence-corrected chi connectivity index (χ4v) is 1.81. The molecule has 2 rings (SSSR count). The zero-order valence-corrected chi connectivity index (χ0v) is 12.6. The summed E-state index contributed by atoms with van der Waals surface area (Å²) in [6.07, 6.45) is 0. The smallest absolute Gasteiger partial charge is 0.336 e. The molecule has 0 aromatic carbocycles. The van der Waals surface area contributed by atoms with E-state index in [9.17, 15) is 14.4 Å². The SMILES string of the molecule is CN(C)c1nc(N)nc(Cn2c(=O)n(C)c(=O)n(C)c2=O)n1. The molecule has 2 heterocycles. The third-order valence-electron chi connectivity index (χ3n) is 3.00. The summed E-state index contributed by atoms with van der Waals surface area (Å²) in [5.41, 5.74) is 3.39. The Morgan fingerprint density at radius 1 is 0.955 bits per heavy atom. The zero-order valence-electron chi connectivity index (χ0n) is 12.6. The first-order valence-electron chi connectivity index (χ1n) is 6.27. The first kappa shape index (κ1) is 15.4. The summed E-state index contributed by atoms with van der Waals surface area (Å²) in [4.78, 5) is 49.4. The quantitative estimate of drug-likeness (QED) is 0.639. The van der Waals surface area contributed by atoms with Gasteiger partial charge in [-0.25, -0.2) is 28.1 Å². The molecule has 2 aromatic heterocycles. The average Bonchev–Trinajstić information content (AvgIpc) is 2.47. The maximum atomic E-state index is 12.1. The lowest BCUT2D eigenvalue weighted by molar-refractivity contribution is 0.520. The first-order chi connectivity index (χ1) is 10.2. The van der Waals surface area contributed by atoms with E-state index in [1.807, 2.05) is 0 Å². The maximum absolute atomic E-state index is 12.1. The topological polar surface area (TPSA) is 134 Å². The molecule has 0 saturated heterocycles. The molecule has 11 heteroatoms. The number of nitrogens with zero attached hydrogens (tertiary/aromatic N) is 7. The van der Waals surface area contributed by atoms with E-state index in [1.165, 1.54) is 14.1 Å². The largest absolute Gasteiger partial charge is 0.368 e.